The minimum atomic E-state index is -1.12. The van der Waals surface area contributed by atoms with E-state index in [0.29, 0.717) is 38.7 Å². The summed E-state index contributed by atoms with van der Waals surface area (Å²) in [6.07, 6.45) is 0. The van der Waals surface area contributed by atoms with E-state index in [-0.39, 0.29) is 0 Å². The van der Waals surface area contributed by atoms with Gasteiger partial charge in [-0.2, -0.15) is 0 Å². The van der Waals surface area contributed by atoms with Crippen molar-refractivity contribution in [1.29, 1.82) is 0 Å². The third kappa shape index (κ3) is 4.37. The summed E-state index contributed by atoms with van der Waals surface area (Å²) in [5.41, 5.74) is 10.1. The van der Waals surface area contributed by atoms with Crippen LogP contribution in [0, 0.1) is 0 Å². The summed E-state index contributed by atoms with van der Waals surface area (Å²) in [4.78, 5) is 23.8. The molecule has 8 heteroatoms. The number of rotatable bonds is 7. The van der Waals surface area contributed by atoms with Crippen LogP contribution in [0.5, 0.6) is 5.75 Å². The van der Waals surface area contributed by atoms with E-state index in [4.69, 9.17) is 33.7 Å². The lowest BCUT2D eigenvalue weighted by molar-refractivity contribution is -0.139. The van der Waals surface area contributed by atoms with E-state index >= 15 is 0 Å². The Morgan fingerprint density at radius 1 is 0.861 bits per heavy atom. The molecule has 0 aliphatic heterocycles. The molecule has 0 fully saturated rings. The van der Waals surface area contributed by atoms with E-state index in [9.17, 15) is 14.7 Å². The van der Waals surface area contributed by atoms with Crippen LogP contribution in [0.3, 0.4) is 0 Å². The highest BCUT2D eigenvalue weighted by Crippen LogP contribution is 2.41. The van der Waals surface area contributed by atoms with Crippen molar-refractivity contribution in [3.05, 3.63) is 100 Å². The molecule has 5 aromatic rings. The Labute approximate surface area is 216 Å². The molecule has 1 amide bonds. The number of nitrogens with zero attached hydrogens (tertiary/aromatic N) is 1. The van der Waals surface area contributed by atoms with Crippen molar-refractivity contribution in [2.75, 3.05) is 6.61 Å². The number of primary amides is 1. The molecule has 4 aromatic carbocycles. The molecule has 36 heavy (non-hydrogen) atoms. The van der Waals surface area contributed by atoms with Gasteiger partial charge in [0.2, 0.25) is 5.91 Å². The van der Waals surface area contributed by atoms with Crippen molar-refractivity contribution in [3.63, 3.8) is 0 Å². The van der Waals surface area contributed by atoms with Crippen molar-refractivity contribution >= 4 is 56.9 Å². The van der Waals surface area contributed by atoms with E-state index in [1.54, 1.807) is 30.3 Å². The smallest absolute Gasteiger partial charge is 0.341 e. The van der Waals surface area contributed by atoms with Gasteiger partial charge in [0.05, 0.1) is 16.4 Å². The highest BCUT2D eigenvalue weighted by atomic mass is 35.5. The number of nitrogens with two attached hydrogens (primary N) is 1. The van der Waals surface area contributed by atoms with Crippen LogP contribution >= 0.6 is 23.2 Å². The number of carboxylic acid groups (broad SMARTS) is 1. The second-order valence-corrected chi connectivity index (χ2v) is 9.14. The quantitative estimate of drug-likeness (QED) is 0.261. The van der Waals surface area contributed by atoms with E-state index in [0.717, 1.165) is 27.7 Å². The Morgan fingerprint density at radius 3 is 2.31 bits per heavy atom. The maximum absolute atomic E-state index is 12.4. The number of aliphatic carboxylic acids is 1. The summed E-state index contributed by atoms with van der Waals surface area (Å²) in [5.74, 6) is -1.38. The third-order valence-corrected chi connectivity index (χ3v) is 6.66. The average molecular weight is 519 g/mol. The first kappa shape index (κ1) is 23.7. The van der Waals surface area contributed by atoms with E-state index in [1.165, 1.54) is 0 Å². The Hall–Kier alpha value is -4.00. The van der Waals surface area contributed by atoms with Gasteiger partial charge in [-0.15, -0.1) is 0 Å². The predicted octanol–water partition coefficient (Wildman–Crippen LogP) is 6.38. The minimum absolute atomic E-state index is 0.315. The van der Waals surface area contributed by atoms with Crippen LogP contribution < -0.4 is 10.5 Å². The van der Waals surface area contributed by atoms with Gasteiger partial charge in [-0.25, -0.2) is 4.79 Å². The molecule has 0 atom stereocenters. The first-order valence-electron chi connectivity index (χ1n) is 11.1. The fraction of sp³-hybridized carbons (Fsp3) is 0.0714. The zero-order valence-corrected chi connectivity index (χ0v) is 20.4. The van der Waals surface area contributed by atoms with E-state index < -0.39 is 18.5 Å². The van der Waals surface area contributed by atoms with Crippen LogP contribution in [0.15, 0.2) is 78.9 Å². The molecule has 3 N–H and O–H groups in total. The van der Waals surface area contributed by atoms with Crippen LogP contribution in [0.25, 0.3) is 32.9 Å². The van der Waals surface area contributed by atoms with Crippen molar-refractivity contribution in [1.82, 2.24) is 4.57 Å². The Bertz CT molecular complexity index is 1640. The molecule has 0 saturated carbocycles. The maximum Gasteiger partial charge on any atom is 0.341 e. The van der Waals surface area contributed by atoms with Crippen LogP contribution in [0.2, 0.25) is 10.0 Å². The molecule has 180 valence electrons. The molecule has 1 heterocycles. The molecule has 0 saturated heterocycles. The molecule has 1 aromatic heterocycles. The van der Waals surface area contributed by atoms with Crippen molar-refractivity contribution < 1.29 is 19.4 Å². The van der Waals surface area contributed by atoms with Crippen molar-refractivity contribution in [3.8, 4) is 16.9 Å². The van der Waals surface area contributed by atoms with Crippen molar-refractivity contribution in [2.24, 2.45) is 5.73 Å². The Balaban J connectivity index is 1.87. The lowest BCUT2D eigenvalue weighted by Gasteiger charge is -2.13. The lowest BCUT2D eigenvalue weighted by Crippen LogP contribution is -2.11. The molecule has 0 aliphatic carbocycles. The molecule has 0 spiro atoms. The number of ether oxygens (including phenoxy) is 1. The number of hydrogen-bond acceptors (Lipinski definition) is 3. The van der Waals surface area contributed by atoms with Gasteiger partial charge in [0.15, 0.2) is 6.61 Å². The first-order valence-corrected chi connectivity index (χ1v) is 11.8. The van der Waals surface area contributed by atoms with Gasteiger partial charge >= 0.3 is 5.97 Å². The molecule has 0 aliphatic rings. The molecular formula is C28H20Cl2N2O4. The van der Waals surface area contributed by atoms with Gasteiger partial charge in [-0.05, 0) is 59.2 Å². The van der Waals surface area contributed by atoms with E-state index in [2.05, 4.69) is 0 Å². The lowest BCUT2D eigenvalue weighted by atomic mass is 10.0. The van der Waals surface area contributed by atoms with Crippen LogP contribution in [0.4, 0.5) is 0 Å². The molecule has 0 bridgehead atoms. The monoisotopic (exact) mass is 518 g/mol. The summed E-state index contributed by atoms with van der Waals surface area (Å²) < 4.78 is 7.81. The summed E-state index contributed by atoms with van der Waals surface area (Å²) in [7, 11) is 0. The first-order chi connectivity index (χ1) is 17.3. The van der Waals surface area contributed by atoms with Crippen LogP contribution in [0.1, 0.15) is 15.9 Å². The highest BCUT2D eigenvalue weighted by molar-refractivity contribution is 6.31. The standard InChI is InChI=1S/C28H20Cl2N2O4/c29-19-10-8-16(9-11-19)18-12-23-27(24(13-18)36-15-25(33)34)26-20(28(31)35)5-3-7-22(26)32(23)14-17-4-1-2-6-21(17)30/h1-13H,14-15H2,(H2,31,35)(H,33,34). The second kappa shape index (κ2) is 9.57. The minimum Gasteiger partial charge on any atom is -0.481 e. The van der Waals surface area contributed by atoms with Gasteiger partial charge in [0, 0.05) is 27.5 Å². The van der Waals surface area contributed by atoms with Gasteiger partial charge < -0.3 is 20.1 Å². The Morgan fingerprint density at radius 2 is 1.61 bits per heavy atom. The van der Waals surface area contributed by atoms with E-state index in [1.807, 2.05) is 53.1 Å². The molecular weight excluding hydrogens is 499 g/mol. The fourth-order valence-corrected chi connectivity index (χ4v) is 4.78. The van der Waals surface area contributed by atoms with Gasteiger partial charge in [0.25, 0.3) is 0 Å². The number of carbonyl (C=O) groups is 2. The largest absolute Gasteiger partial charge is 0.481 e. The zero-order chi connectivity index (χ0) is 25.4. The number of carbonyl (C=O) groups excluding carboxylic acids is 1. The summed E-state index contributed by atoms with van der Waals surface area (Å²) in [5, 5.41) is 11.7. The maximum atomic E-state index is 12.4. The van der Waals surface area contributed by atoms with Gasteiger partial charge in [-0.1, -0.05) is 59.6 Å². The van der Waals surface area contributed by atoms with Gasteiger partial charge in [0.1, 0.15) is 5.75 Å². The predicted molar refractivity (Wildman–Crippen MR) is 142 cm³/mol. The third-order valence-electron chi connectivity index (χ3n) is 6.04. The SMILES string of the molecule is NC(=O)c1cccc2c1c1c(OCC(=O)O)cc(-c3ccc(Cl)cc3)cc1n2Cc1ccccc1Cl. The summed E-state index contributed by atoms with van der Waals surface area (Å²) in [6.45, 7) is -0.139. The molecule has 5 rings (SSSR count). The fourth-order valence-electron chi connectivity index (χ4n) is 4.46. The number of halogens is 2. The Kier molecular flexibility index (Phi) is 6.31. The summed E-state index contributed by atoms with van der Waals surface area (Å²) >= 11 is 12.6. The molecule has 0 unspecified atom stereocenters. The van der Waals surface area contributed by atoms with Crippen LogP contribution in [-0.2, 0) is 11.3 Å². The topological polar surface area (TPSA) is 94.6 Å². The number of fused-ring (bicyclic) bond motifs is 3. The number of hydrogen-bond donors (Lipinski definition) is 2. The zero-order valence-electron chi connectivity index (χ0n) is 18.9. The second-order valence-electron chi connectivity index (χ2n) is 8.30. The van der Waals surface area contributed by atoms with Crippen LogP contribution in [-0.4, -0.2) is 28.2 Å². The number of benzene rings is 4. The van der Waals surface area contributed by atoms with Crippen molar-refractivity contribution in [2.45, 2.75) is 6.54 Å². The molecule has 6 nitrogen and oxygen atoms in total. The number of aromatic nitrogens is 1. The number of amides is 1. The number of carboxylic acids is 1. The molecule has 0 radical (unpaired) electrons. The average Bonchev–Trinajstić information content (AvgIpc) is 3.17. The summed E-state index contributed by atoms with van der Waals surface area (Å²) in [6, 6.07) is 23.9. The normalized spacial score (nSPS) is 11.2. The highest BCUT2D eigenvalue weighted by Gasteiger charge is 2.22. The van der Waals surface area contributed by atoms with Gasteiger partial charge in [-0.3, -0.25) is 4.79 Å².